The molecule has 0 amide bonds. The summed E-state index contributed by atoms with van der Waals surface area (Å²) in [6.07, 6.45) is 6.85. The molecule has 0 saturated carbocycles. The normalized spacial score (nSPS) is 30.1. The fourth-order valence-electron chi connectivity index (χ4n) is 3.92. The van der Waals surface area contributed by atoms with Gasteiger partial charge in [-0.25, -0.2) is 0 Å². The average molecular weight is 277 g/mol. The molecule has 4 atom stereocenters. The third kappa shape index (κ3) is 2.51. The van der Waals surface area contributed by atoms with Crippen molar-refractivity contribution < 1.29 is 4.74 Å². The van der Waals surface area contributed by atoms with Crippen LogP contribution in [0.1, 0.15) is 44.5 Å². The molecule has 0 aliphatic carbocycles. The molecular formula is C16H27N3O. The summed E-state index contributed by atoms with van der Waals surface area (Å²) < 4.78 is 8.19. The van der Waals surface area contributed by atoms with E-state index in [1.54, 1.807) is 0 Å². The first-order chi connectivity index (χ1) is 9.75. The second-order valence-corrected chi connectivity index (χ2v) is 6.17. The second kappa shape index (κ2) is 5.86. The molecule has 2 saturated heterocycles. The van der Waals surface area contributed by atoms with Crippen LogP contribution in [0.25, 0.3) is 0 Å². The minimum atomic E-state index is 0.487. The first kappa shape index (κ1) is 14.1. The number of aryl methyl sites for hydroxylation is 2. The molecule has 112 valence electrons. The van der Waals surface area contributed by atoms with E-state index in [4.69, 9.17) is 4.74 Å². The Kier molecular flexibility index (Phi) is 4.13. The number of hydrogen-bond donors (Lipinski definition) is 1. The van der Waals surface area contributed by atoms with Gasteiger partial charge in [0.1, 0.15) is 0 Å². The molecule has 2 aliphatic rings. The van der Waals surface area contributed by atoms with Crippen LogP contribution in [-0.2, 0) is 24.1 Å². The third-order valence-electron chi connectivity index (χ3n) is 5.05. The molecule has 3 rings (SSSR count). The first-order valence-corrected chi connectivity index (χ1v) is 8.13. The Morgan fingerprint density at radius 3 is 2.85 bits per heavy atom. The van der Waals surface area contributed by atoms with Gasteiger partial charge in [-0.05, 0) is 45.7 Å². The van der Waals surface area contributed by atoms with Crippen LogP contribution in [0.15, 0.2) is 6.07 Å². The van der Waals surface area contributed by atoms with E-state index in [0.717, 1.165) is 19.4 Å². The lowest BCUT2D eigenvalue weighted by atomic mass is 9.82. The van der Waals surface area contributed by atoms with E-state index in [1.165, 1.54) is 30.7 Å². The first-order valence-electron chi connectivity index (χ1n) is 8.13. The van der Waals surface area contributed by atoms with Crippen molar-refractivity contribution in [3.63, 3.8) is 0 Å². The van der Waals surface area contributed by atoms with E-state index >= 15 is 0 Å². The van der Waals surface area contributed by atoms with E-state index in [2.05, 4.69) is 42.1 Å². The standard InChI is InChI=1S/C16H27N3O/c1-4-11-8-12(19(5-2)18-11)9-15(17-3)14-10-13-6-7-16(14)20-13/h8,13-17H,4-7,9-10H2,1-3H3. The van der Waals surface area contributed by atoms with Crippen molar-refractivity contribution in [3.8, 4) is 0 Å². The molecule has 2 fully saturated rings. The maximum atomic E-state index is 6.03. The SMILES string of the molecule is CCc1cc(CC(NC)C2CC3CCC2O3)n(CC)n1. The molecule has 1 aromatic rings. The minimum absolute atomic E-state index is 0.487. The Morgan fingerprint density at radius 2 is 2.30 bits per heavy atom. The third-order valence-corrected chi connectivity index (χ3v) is 5.05. The van der Waals surface area contributed by atoms with Gasteiger partial charge in [0.2, 0.25) is 0 Å². The lowest BCUT2D eigenvalue weighted by Gasteiger charge is -2.28. The number of rotatable bonds is 6. The highest BCUT2D eigenvalue weighted by molar-refractivity contribution is 5.13. The monoisotopic (exact) mass is 277 g/mol. The molecule has 1 N–H and O–H groups in total. The topological polar surface area (TPSA) is 39.1 Å². The van der Waals surface area contributed by atoms with Gasteiger partial charge in [-0.3, -0.25) is 4.68 Å². The van der Waals surface area contributed by atoms with Crippen LogP contribution in [0.5, 0.6) is 0 Å². The molecule has 4 heteroatoms. The van der Waals surface area contributed by atoms with E-state index < -0.39 is 0 Å². The summed E-state index contributed by atoms with van der Waals surface area (Å²) in [7, 11) is 2.09. The van der Waals surface area contributed by atoms with Crippen LogP contribution in [0.2, 0.25) is 0 Å². The number of likely N-dealkylation sites (N-methyl/N-ethyl adjacent to an activating group) is 1. The average Bonchev–Trinajstić information content (AvgIpc) is 3.18. The van der Waals surface area contributed by atoms with Crippen LogP contribution >= 0.6 is 0 Å². The molecule has 2 aliphatic heterocycles. The fourth-order valence-corrected chi connectivity index (χ4v) is 3.92. The molecule has 0 aromatic carbocycles. The Bertz CT molecular complexity index is 457. The van der Waals surface area contributed by atoms with E-state index in [0.29, 0.717) is 24.2 Å². The second-order valence-electron chi connectivity index (χ2n) is 6.17. The van der Waals surface area contributed by atoms with Gasteiger partial charge in [-0.1, -0.05) is 6.92 Å². The summed E-state index contributed by atoms with van der Waals surface area (Å²) in [5.41, 5.74) is 2.58. The van der Waals surface area contributed by atoms with Crippen molar-refractivity contribution >= 4 is 0 Å². The molecule has 2 bridgehead atoms. The largest absolute Gasteiger partial charge is 0.375 e. The Labute approximate surface area is 121 Å². The molecule has 3 heterocycles. The number of hydrogen-bond acceptors (Lipinski definition) is 3. The van der Waals surface area contributed by atoms with Gasteiger partial charge in [0, 0.05) is 30.6 Å². The number of ether oxygens (including phenoxy) is 1. The van der Waals surface area contributed by atoms with Crippen LogP contribution in [0, 0.1) is 5.92 Å². The molecule has 0 spiro atoms. The number of nitrogens with zero attached hydrogens (tertiary/aromatic N) is 2. The van der Waals surface area contributed by atoms with E-state index in [1.807, 2.05) is 0 Å². The zero-order valence-corrected chi connectivity index (χ0v) is 12.9. The zero-order valence-electron chi connectivity index (χ0n) is 12.9. The summed E-state index contributed by atoms with van der Waals surface area (Å²) >= 11 is 0. The maximum Gasteiger partial charge on any atom is 0.0624 e. The van der Waals surface area contributed by atoms with Gasteiger partial charge in [0.05, 0.1) is 17.9 Å². The van der Waals surface area contributed by atoms with Crippen molar-refractivity contribution in [3.05, 3.63) is 17.5 Å². The van der Waals surface area contributed by atoms with Gasteiger partial charge in [-0.2, -0.15) is 5.10 Å². The van der Waals surface area contributed by atoms with Gasteiger partial charge in [0.25, 0.3) is 0 Å². The molecule has 4 nitrogen and oxygen atoms in total. The summed E-state index contributed by atoms with van der Waals surface area (Å²) in [5.74, 6) is 0.670. The van der Waals surface area contributed by atoms with Crippen LogP contribution < -0.4 is 5.32 Å². The molecule has 0 radical (unpaired) electrons. The van der Waals surface area contributed by atoms with Gasteiger partial charge in [0.15, 0.2) is 0 Å². The number of aromatic nitrogens is 2. The smallest absolute Gasteiger partial charge is 0.0624 e. The highest BCUT2D eigenvalue weighted by Gasteiger charge is 2.44. The lowest BCUT2D eigenvalue weighted by molar-refractivity contribution is 0.0862. The highest BCUT2D eigenvalue weighted by Crippen LogP contribution is 2.40. The molecular weight excluding hydrogens is 250 g/mol. The lowest BCUT2D eigenvalue weighted by Crippen LogP contribution is -2.40. The minimum Gasteiger partial charge on any atom is -0.375 e. The van der Waals surface area contributed by atoms with E-state index in [9.17, 15) is 0 Å². The van der Waals surface area contributed by atoms with Crippen molar-refractivity contribution in [1.82, 2.24) is 15.1 Å². The van der Waals surface area contributed by atoms with Gasteiger partial charge < -0.3 is 10.1 Å². The summed E-state index contributed by atoms with van der Waals surface area (Å²) in [6.45, 7) is 5.30. The van der Waals surface area contributed by atoms with Crippen LogP contribution in [0.3, 0.4) is 0 Å². The fraction of sp³-hybridized carbons (Fsp3) is 0.812. The van der Waals surface area contributed by atoms with Crippen LogP contribution in [-0.4, -0.2) is 35.1 Å². The van der Waals surface area contributed by atoms with E-state index in [-0.39, 0.29) is 0 Å². The Morgan fingerprint density at radius 1 is 1.45 bits per heavy atom. The number of nitrogens with one attached hydrogen (secondary N) is 1. The highest BCUT2D eigenvalue weighted by atomic mass is 16.5. The van der Waals surface area contributed by atoms with Crippen molar-refractivity contribution in [2.24, 2.45) is 5.92 Å². The predicted molar refractivity (Wildman–Crippen MR) is 79.8 cm³/mol. The maximum absolute atomic E-state index is 6.03. The predicted octanol–water partition coefficient (Wildman–Crippen LogP) is 2.16. The van der Waals surface area contributed by atoms with Crippen molar-refractivity contribution in [1.29, 1.82) is 0 Å². The number of fused-ring (bicyclic) bond motifs is 2. The molecule has 20 heavy (non-hydrogen) atoms. The molecule has 4 unspecified atom stereocenters. The van der Waals surface area contributed by atoms with Crippen molar-refractivity contribution in [2.45, 2.75) is 70.7 Å². The zero-order chi connectivity index (χ0) is 14.1. The van der Waals surface area contributed by atoms with Crippen molar-refractivity contribution in [2.75, 3.05) is 7.05 Å². The Balaban J connectivity index is 1.73. The summed E-state index contributed by atoms with van der Waals surface area (Å²) in [5, 5.41) is 8.20. The summed E-state index contributed by atoms with van der Waals surface area (Å²) in [4.78, 5) is 0. The Hall–Kier alpha value is -0.870. The van der Waals surface area contributed by atoms with Gasteiger partial charge in [-0.15, -0.1) is 0 Å². The molecule has 1 aromatic heterocycles. The van der Waals surface area contributed by atoms with Crippen LogP contribution in [0.4, 0.5) is 0 Å². The quantitative estimate of drug-likeness (QED) is 0.866. The summed E-state index contributed by atoms with van der Waals surface area (Å²) in [6, 6.07) is 2.79. The van der Waals surface area contributed by atoms with Gasteiger partial charge >= 0.3 is 0 Å².